The molecule has 0 spiro atoms. The summed E-state index contributed by atoms with van der Waals surface area (Å²) >= 11 is 12.0. The first kappa shape index (κ1) is 16.0. The number of nitrogens with zero attached hydrogens (tertiary/aromatic N) is 1. The van der Waals surface area contributed by atoms with Gasteiger partial charge in [0, 0.05) is 52.4 Å². The van der Waals surface area contributed by atoms with Crippen molar-refractivity contribution in [2.75, 3.05) is 6.54 Å². The van der Waals surface area contributed by atoms with E-state index < -0.39 is 0 Å². The van der Waals surface area contributed by atoms with E-state index in [-0.39, 0.29) is 24.0 Å². The van der Waals surface area contributed by atoms with Crippen molar-refractivity contribution in [2.45, 2.75) is 12.8 Å². The SMILES string of the molecule is O=C(CC1CCNC1=O)c1cncc(-c2cc(Cl)cc(Cl)c2)c1. The summed E-state index contributed by atoms with van der Waals surface area (Å²) in [4.78, 5) is 28.1. The minimum Gasteiger partial charge on any atom is -0.356 e. The van der Waals surface area contributed by atoms with Crippen LogP contribution in [-0.2, 0) is 4.79 Å². The Balaban J connectivity index is 1.84. The molecule has 1 aromatic carbocycles. The van der Waals surface area contributed by atoms with Crippen LogP contribution in [-0.4, -0.2) is 23.2 Å². The normalized spacial score (nSPS) is 17.1. The Morgan fingerprint density at radius 1 is 1.13 bits per heavy atom. The molecule has 1 amide bonds. The fourth-order valence-electron chi connectivity index (χ4n) is 2.65. The maximum Gasteiger partial charge on any atom is 0.223 e. The number of Topliss-reactive ketones (excluding diaryl/α,β-unsaturated/α-hetero) is 1. The molecule has 1 unspecified atom stereocenters. The second-order valence-corrected chi connectivity index (χ2v) is 6.40. The largest absolute Gasteiger partial charge is 0.356 e. The van der Waals surface area contributed by atoms with Crippen LogP contribution < -0.4 is 5.32 Å². The Hall–Kier alpha value is -1.91. The van der Waals surface area contributed by atoms with Gasteiger partial charge in [0.25, 0.3) is 0 Å². The molecule has 6 heteroatoms. The first-order chi connectivity index (χ1) is 11.0. The average molecular weight is 349 g/mol. The number of carbonyl (C=O) groups excluding carboxylic acids is 2. The van der Waals surface area contributed by atoms with Crippen LogP contribution in [0.15, 0.2) is 36.7 Å². The zero-order valence-corrected chi connectivity index (χ0v) is 13.7. The van der Waals surface area contributed by atoms with E-state index in [1.54, 1.807) is 30.5 Å². The van der Waals surface area contributed by atoms with Gasteiger partial charge in [0.05, 0.1) is 0 Å². The van der Waals surface area contributed by atoms with Gasteiger partial charge in [-0.1, -0.05) is 23.2 Å². The molecule has 1 aliphatic heterocycles. The topological polar surface area (TPSA) is 59.1 Å². The number of nitrogens with one attached hydrogen (secondary N) is 1. The van der Waals surface area contributed by atoms with Gasteiger partial charge in [0.15, 0.2) is 5.78 Å². The number of hydrogen-bond donors (Lipinski definition) is 1. The maximum absolute atomic E-state index is 12.4. The highest BCUT2D eigenvalue weighted by Gasteiger charge is 2.27. The molecule has 118 valence electrons. The summed E-state index contributed by atoms with van der Waals surface area (Å²) in [5, 5.41) is 3.78. The standard InChI is InChI=1S/C17H14Cl2N2O2/c18-14-4-11(5-15(19)7-14)12-3-13(9-20-8-12)16(22)6-10-1-2-21-17(10)23/h3-5,7-10H,1-2,6H2,(H,21,23). The number of halogens is 2. The summed E-state index contributed by atoms with van der Waals surface area (Å²) < 4.78 is 0. The first-order valence-electron chi connectivity index (χ1n) is 7.25. The van der Waals surface area contributed by atoms with Gasteiger partial charge in [-0.25, -0.2) is 0 Å². The van der Waals surface area contributed by atoms with Crippen LogP contribution in [0.3, 0.4) is 0 Å². The molecule has 1 N–H and O–H groups in total. The predicted molar refractivity (Wildman–Crippen MR) is 89.8 cm³/mol. The monoisotopic (exact) mass is 348 g/mol. The fraction of sp³-hybridized carbons (Fsp3) is 0.235. The van der Waals surface area contributed by atoms with Crippen LogP contribution in [0.4, 0.5) is 0 Å². The van der Waals surface area contributed by atoms with E-state index in [9.17, 15) is 9.59 Å². The van der Waals surface area contributed by atoms with Crippen molar-refractivity contribution in [1.82, 2.24) is 10.3 Å². The summed E-state index contributed by atoms with van der Waals surface area (Å²) in [7, 11) is 0. The van der Waals surface area contributed by atoms with E-state index in [4.69, 9.17) is 23.2 Å². The summed E-state index contributed by atoms with van der Waals surface area (Å²) in [6.45, 7) is 0.635. The molecule has 1 aromatic heterocycles. The highest BCUT2D eigenvalue weighted by atomic mass is 35.5. The zero-order valence-electron chi connectivity index (χ0n) is 12.2. The lowest BCUT2D eigenvalue weighted by molar-refractivity contribution is -0.122. The number of rotatable bonds is 4. The Bertz CT molecular complexity index is 757. The summed E-state index contributed by atoms with van der Waals surface area (Å²) in [5.74, 6) is -0.384. The Labute approximate surface area is 143 Å². The predicted octanol–water partition coefficient (Wildman–Crippen LogP) is 3.76. The number of benzene rings is 1. The molecule has 1 fully saturated rings. The lowest BCUT2D eigenvalue weighted by Gasteiger charge is -2.08. The molecule has 0 bridgehead atoms. The molecular weight excluding hydrogens is 335 g/mol. The van der Waals surface area contributed by atoms with Gasteiger partial charge in [-0.15, -0.1) is 0 Å². The number of ketones is 1. The molecule has 0 saturated carbocycles. The number of hydrogen-bond acceptors (Lipinski definition) is 3. The van der Waals surface area contributed by atoms with E-state index >= 15 is 0 Å². The van der Waals surface area contributed by atoms with E-state index in [0.29, 0.717) is 28.6 Å². The van der Waals surface area contributed by atoms with Crippen molar-refractivity contribution in [3.8, 4) is 11.1 Å². The molecule has 1 aliphatic rings. The molecule has 0 radical (unpaired) electrons. The van der Waals surface area contributed by atoms with E-state index in [0.717, 1.165) is 11.1 Å². The molecule has 23 heavy (non-hydrogen) atoms. The summed E-state index contributed by atoms with van der Waals surface area (Å²) in [6.07, 6.45) is 4.07. The van der Waals surface area contributed by atoms with Gasteiger partial charge in [-0.2, -0.15) is 0 Å². The number of amides is 1. The van der Waals surface area contributed by atoms with Crippen LogP contribution in [0.1, 0.15) is 23.2 Å². The Kier molecular flexibility index (Phi) is 4.64. The van der Waals surface area contributed by atoms with Gasteiger partial charge in [0.1, 0.15) is 0 Å². The number of pyridine rings is 1. The van der Waals surface area contributed by atoms with Gasteiger partial charge in [-0.05, 0) is 36.2 Å². The van der Waals surface area contributed by atoms with Crippen molar-refractivity contribution in [1.29, 1.82) is 0 Å². The third-order valence-electron chi connectivity index (χ3n) is 3.85. The first-order valence-corrected chi connectivity index (χ1v) is 8.01. The Morgan fingerprint density at radius 2 is 1.87 bits per heavy atom. The lowest BCUT2D eigenvalue weighted by Crippen LogP contribution is -2.21. The van der Waals surface area contributed by atoms with Crippen LogP contribution in [0.25, 0.3) is 11.1 Å². The van der Waals surface area contributed by atoms with E-state index in [1.165, 1.54) is 6.20 Å². The molecule has 0 aliphatic carbocycles. The van der Waals surface area contributed by atoms with E-state index in [2.05, 4.69) is 10.3 Å². The minimum absolute atomic E-state index is 0.0518. The smallest absolute Gasteiger partial charge is 0.223 e. The van der Waals surface area contributed by atoms with Crippen molar-refractivity contribution < 1.29 is 9.59 Å². The van der Waals surface area contributed by atoms with E-state index in [1.807, 2.05) is 0 Å². The second kappa shape index (κ2) is 6.69. The molecule has 4 nitrogen and oxygen atoms in total. The fourth-order valence-corrected chi connectivity index (χ4v) is 3.18. The molecule has 1 saturated heterocycles. The van der Waals surface area contributed by atoms with Crippen LogP contribution in [0.2, 0.25) is 10.0 Å². The van der Waals surface area contributed by atoms with Gasteiger partial charge < -0.3 is 5.32 Å². The molecular formula is C17H14Cl2N2O2. The molecule has 2 heterocycles. The quantitative estimate of drug-likeness (QED) is 0.855. The number of aromatic nitrogens is 1. The molecule has 2 aromatic rings. The van der Waals surface area contributed by atoms with Gasteiger partial charge in [0.2, 0.25) is 5.91 Å². The average Bonchev–Trinajstić information content (AvgIpc) is 2.91. The van der Waals surface area contributed by atoms with Crippen LogP contribution in [0.5, 0.6) is 0 Å². The van der Waals surface area contributed by atoms with Crippen LogP contribution in [0, 0.1) is 5.92 Å². The van der Waals surface area contributed by atoms with Crippen molar-refractivity contribution in [2.24, 2.45) is 5.92 Å². The Morgan fingerprint density at radius 3 is 2.52 bits per heavy atom. The number of carbonyl (C=O) groups is 2. The highest BCUT2D eigenvalue weighted by Crippen LogP contribution is 2.28. The maximum atomic E-state index is 12.4. The van der Waals surface area contributed by atoms with Crippen molar-refractivity contribution in [3.05, 3.63) is 52.3 Å². The van der Waals surface area contributed by atoms with Crippen LogP contribution >= 0.6 is 23.2 Å². The minimum atomic E-state index is -0.244. The van der Waals surface area contributed by atoms with Gasteiger partial charge in [-0.3, -0.25) is 14.6 Å². The van der Waals surface area contributed by atoms with Crippen molar-refractivity contribution in [3.63, 3.8) is 0 Å². The third kappa shape index (κ3) is 3.71. The summed E-state index contributed by atoms with van der Waals surface area (Å²) in [6, 6.07) is 6.93. The molecule has 1 atom stereocenters. The lowest BCUT2D eigenvalue weighted by atomic mass is 9.96. The molecule has 3 rings (SSSR count). The summed E-state index contributed by atoms with van der Waals surface area (Å²) in [5.41, 5.74) is 2.04. The third-order valence-corrected chi connectivity index (χ3v) is 4.29. The van der Waals surface area contributed by atoms with Crippen molar-refractivity contribution >= 4 is 34.9 Å². The second-order valence-electron chi connectivity index (χ2n) is 5.52. The highest BCUT2D eigenvalue weighted by molar-refractivity contribution is 6.35. The zero-order chi connectivity index (χ0) is 16.4. The van der Waals surface area contributed by atoms with Gasteiger partial charge >= 0.3 is 0 Å².